The van der Waals surface area contributed by atoms with Gasteiger partial charge >= 0.3 is 6.03 Å². The Morgan fingerprint density at radius 3 is 1.85 bits per heavy atom. The molecule has 0 radical (unpaired) electrons. The van der Waals surface area contributed by atoms with Crippen LogP contribution in [-0.4, -0.2) is 36.2 Å². The summed E-state index contributed by atoms with van der Waals surface area (Å²) in [5.41, 5.74) is 1.40. The van der Waals surface area contributed by atoms with Crippen LogP contribution in [0.3, 0.4) is 0 Å². The molecule has 2 aliphatic rings. The summed E-state index contributed by atoms with van der Waals surface area (Å²) in [5.74, 6) is 2.33. The van der Waals surface area contributed by atoms with Crippen LogP contribution in [0.15, 0.2) is 78.9 Å². The number of ether oxygens (including phenoxy) is 2. The van der Waals surface area contributed by atoms with Crippen LogP contribution in [0, 0.1) is 0 Å². The number of hydrogen-bond donors (Lipinski definition) is 2. The summed E-state index contributed by atoms with van der Waals surface area (Å²) < 4.78 is 12.0. The number of carbonyl (C=O) groups excluding carboxylic acids is 1. The molecule has 2 saturated heterocycles. The highest BCUT2D eigenvalue weighted by Crippen LogP contribution is 2.36. The number of nitrogens with one attached hydrogen (secondary N) is 2. The van der Waals surface area contributed by atoms with E-state index in [9.17, 15) is 4.79 Å². The van der Waals surface area contributed by atoms with Crippen molar-refractivity contribution in [1.29, 1.82) is 0 Å². The predicted molar refractivity (Wildman–Crippen MR) is 130 cm³/mol. The van der Waals surface area contributed by atoms with E-state index in [2.05, 4.69) is 22.6 Å². The zero-order valence-electron chi connectivity index (χ0n) is 18.7. The Hall–Kier alpha value is -3.51. The number of fused-ring (bicyclic) bond motifs is 2. The molecule has 2 aliphatic heterocycles. The molecule has 0 spiro atoms. The Kier molecular flexibility index (Phi) is 6.17. The SMILES string of the molecule is CN1[C@@H]2CC[C@H]1CC(Oc1ccc(NC(=O)Nc3ccc(Oc4ccccc4)cc3)cc1)C2. The molecule has 0 aromatic heterocycles. The lowest BCUT2D eigenvalue weighted by Crippen LogP contribution is -2.43. The maximum atomic E-state index is 12.4. The van der Waals surface area contributed by atoms with Crippen LogP contribution in [0.4, 0.5) is 16.2 Å². The molecular weight excluding hydrogens is 414 g/mol. The second-order valence-electron chi connectivity index (χ2n) is 8.80. The zero-order chi connectivity index (χ0) is 22.6. The Morgan fingerprint density at radius 2 is 1.27 bits per heavy atom. The lowest BCUT2D eigenvalue weighted by Gasteiger charge is -2.36. The molecule has 6 heteroatoms. The van der Waals surface area contributed by atoms with Crippen LogP contribution in [0.5, 0.6) is 17.2 Å². The van der Waals surface area contributed by atoms with Gasteiger partial charge in [0.05, 0.1) is 0 Å². The van der Waals surface area contributed by atoms with Gasteiger partial charge in [0, 0.05) is 23.5 Å². The van der Waals surface area contributed by atoms with Gasteiger partial charge in [-0.2, -0.15) is 0 Å². The molecule has 6 nitrogen and oxygen atoms in total. The minimum absolute atomic E-state index is 0.273. The van der Waals surface area contributed by atoms with E-state index < -0.39 is 0 Å². The average Bonchev–Trinajstić information content (AvgIpc) is 3.03. The summed E-state index contributed by atoms with van der Waals surface area (Å²) in [5, 5.41) is 5.70. The number of rotatable bonds is 6. The van der Waals surface area contributed by atoms with Crippen molar-refractivity contribution < 1.29 is 14.3 Å². The van der Waals surface area contributed by atoms with Crippen LogP contribution in [0.25, 0.3) is 0 Å². The molecule has 3 aromatic rings. The van der Waals surface area contributed by atoms with E-state index in [1.807, 2.05) is 78.9 Å². The summed E-state index contributed by atoms with van der Waals surface area (Å²) in [4.78, 5) is 14.9. The Balaban J connectivity index is 1.10. The van der Waals surface area contributed by atoms with Gasteiger partial charge in [0.1, 0.15) is 23.4 Å². The third-order valence-electron chi connectivity index (χ3n) is 6.56. The Labute approximate surface area is 194 Å². The largest absolute Gasteiger partial charge is 0.490 e. The minimum atomic E-state index is -0.299. The van der Waals surface area contributed by atoms with Crippen molar-refractivity contribution in [3.8, 4) is 17.2 Å². The number of para-hydroxylation sites is 1. The number of hydrogen-bond acceptors (Lipinski definition) is 4. The molecule has 33 heavy (non-hydrogen) atoms. The molecular formula is C27H29N3O3. The second-order valence-corrected chi connectivity index (χ2v) is 8.80. The molecule has 1 unspecified atom stereocenters. The number of anilines is 2. The highest BCUT2D eigenvalue weighted by molar-refractivity contribution is 5.99. The summed E-state index contributed by atoms with van der Waals surface area (Å²) >= 11 is 0. The number of nitrogens with zero attached hydrogens (tertiary/aromatic N) is 1. The van der Waals surface area contributed by atoms with E-state index in [0.29, 0.717) is 29.2 Å². The van der Waals surface area contributed by atoms with Crippen molar-refractivity contribution in [2.75, 3.05) is 17.7 Å². The highest BCUT2D eigenvalue weighted by atomic mass is 16.5. The number of piperidine rings is 1. The first-order valence-corrected chi connectivity index (χ1v) is 11.5. The van der Waals surface area contributed by atoms with Crippen LogP contribution in [0.1, 0.15) is 25.7 Å². The van der Waals surface area contributed by atoms with Gasteiger partial charge in [0.2, 0.25) is 0 Å². The fraction of sp³-hybridized carbons (Fsp3) is 0.296. The van der Waals surface area contributed by atoms with E-state index >= 15 is 0 Å². The molecule has 2 bridgehead atoms. The van der Waals surface area contributed by atoms with Crippen molar-refractivity contribution in [3.05, 3.63) is 78.9 Å². The van der Waals surface area contributed by atoms with E-state index in [4.69, 9.17) is 9.47 Å². The van der Waals surface area contributed by atoms with Gasteiger partial charge in [-0.25, -0.2) is 4.79 Å². The summed E-state index contributed by atoms with van der Waals surface area (Å²) in [6.45, 7) is 0. The maximum Gasteiger partial charge on any atom is 0.323 e. The number of amides is 2. The Bertz CT molecular complexity index is 1060. The monoisotopic (exact) mass is 443 g/mol. The van der Waals surface area contributed by atoms with Gasteiger partial charge < -0.3 is 25.0 Å². The third-order valence-corrected chi connectivity index (χ3v) is 6.56. The number of carbonyl (C=O) groups is 1. The predicted octanol–water partition coefficient (Wildman–Crippen LogP) is 6.13. The van der Waals surface area contributed by atoms with Gasteiger partial charge in [-0.3, -0.25) is 0 Å². The van der Waals surface area contributed by atoms with Gasteiger partial charge in [-0.15, -0.1) is 0 Å². The fourth-order valence-corrected chi connectivity index (χ4v) is 4.79. The zero-order valence-corrected chi connectivity index (χ0v) is 18.7. The van der Waals surface area contributed by atoms with Crippen molar-refractivity contribution in [2.45, 2.75) is 43.9 Å². The van der Waals surface area contributed by atoms with Crippen LogP contribution >= 0.6 is 0 Å². The quantitative estimate of drug-likeness (QED) is 0.481. The van der Waals surface area contributed by atoms with Gasteiger partial charge in [0.15, 0.2) is 0 Å². The minimum Gasteiger partial charge on any atom is -0.490 e. The van der Waals surface area contributed by atoms with Crippen LogP contribution in [-0.2, 0) is 0 Å². The van der Waals surface area contributed by atoms with E-state index in [1.165, 1.54) is 12.8 Å². The molecule has 3 aromatic carbocycles. The first-order valence-electron chi connectivity index (χ1n) is 11.5. The first-order chi connectivity index (χ1) is 16.1. The molecule has 0 saturated carbocycles. The molecule has 2 fully saturated rings. The smallest absolute Gasteiger partial charge is 0.323 e. The van der Waals surface area contributed by atoms with Crippen molar-refractivity contribution in [3.63, 3.8) is 0 Å². The average molecular weight is 444 g/mol. The van der Waals surface area contributed by atoms with Crippen LogP contribution in [0.2, 0.25) is 0 Å². The molecule has 3 atom stereocenters. The molecule has 170 valence electrons. The molecule has 5 rings (SSSR count). The van der Waals surface area contributed by atoms with E-state index in [-0.39, 0.29) is 12.1 Å². The van der Waals surface area contributed by atoms with Gasteiger partial charge in [0.25, 0.3) is 0 Å². The summed E-state index contributed by atoms with van der Waals surface area (Å²) in [6, 6.07) is 25.4. The van der Waals surface area contributed by atoms with Crippen LogP contribution < -0.4 is 20.1 Å². The standard InChI is InChI=1S/C27H29N3O3/c1-30-21-11-12-22(30)18-26(17-21)33-25-15-9-20(10-16-25)29-27(31)28-19-7-13-24(14-8-19)32-23-5-3-2-4-6-23/h2-10,13-16,21-22,26H,11-12,17-18H2,1H3,(H2,28,29,31)/t21-,22+,26?. The van der Waals surface area contributed by atoms with Crippen molar-refractivity contribution in [1.82, 2.24) is 4.90 Å². The maximum absolute atomic E-state index is 12.4. The molecule has 2 amide bonds. The van der Waals surface area contributed by atoms with E-state index in [0.717, 1.165) is 24.3 Å². The molecule has 2 heterocycles. The van der Waals surface area contributed by atoms with Gasteiger partial charge in [-0.1, -0.05) is 18.2 Å². The first kappa shape index (κ1) is 21.3. The normalized spacial score (nSPS) is 21.9. The topological polar surface area (TPSA) is 62.8 Å². The lowest BCUT2D eigenvalue weighted by molar-refractivity contribution is 0.0662. The molecule has 2 N–H and O–H groups in total. The highest BCUT2D eigenvalue weighted by Gasteiger charge is 2.39. The summed E-state index contributed by atoms with van der Waals surface area (Å²) in [7, 11) is 2.23. The second kappa shape index (κ2) is 9.55. The fourth-order valence-electron chi connectivity index (χ4n) is 4.79. The Morgan fingerprint density at radius 1 is 0.758 bits per heavy atom. The molecule has 0 aliphatic carbocycles. The number of benzene rings is 3. The third kappa shape index (κ3) is 5.29. The van der Waals surface area contributed by atoms with Gasteiger partial charge in [-0.05, 0) is 93.4 Å². The lowest BCUT2D eigenvalue weighted by atomic mass is 10.0. The van der Waals surface area contributed by atoms with E-state index in [1.54, 1.807) is 0 Å². The van der Waals surface area contributed by atoms with Crippen molar-refractivity contribution in [2.24, 2.45) is 0 Å². The number of urea groups is 1. The summed E-state index contributed by atoms with van der Waals surface area (Å²) in [6.07, 6.45) is 5.01. The van der Waals surface area contributed by atoms with Crippen molar-refractivity contribution >= 4 is 17.4 Å².